The van der Waals surface area contributed by atoms with Gasteiger partial charge in [-0.15, -0.1) is 0 Å². The summed E-state index contributed by atoms with van der Waals surface area (Å²) < 4.78 is 13.7. The molecule has 0 N–H and O–H groups in total. The van der Waals surface area contributed by atoms with E-state index in [1.807, 2.05) is 0 Å². The van der Waals surface area contributed by atoms with Gasteiger partial charge in [-0.1, -0.05) is 13.3 Å². The van der Waals surface area contributed by atoms with Crippen molar-refractivity contribution in [2.45, 2.75) is 60.3 Å². The van der Waals surface area contributed by atoms with Crippen molar-refractivity contribution in [3.63, 3.8) is 0 Å². The van der Waals surface area contributed by atoms with Gasteiger partial charge in [0.1, 0.15) is 24.4 Å². The predicted molar refractivity (Wildman–Crippen MR) is 90.5 cm³/mol. The van der Waals surface area contributed by atoms with Gasteiger partial charge in [-0.25, -0.2) is 0 Å². The first kappa shape index (κ1) is 27.6. The number of carbonyl (C=O) groups excluding carboxylic acids is 4. The van der Waals surface area contributed by atoms with Crippen molar-refractivity contribution < 1.29 is 32.4 Å². The van der Waals surface area contributed by atoms with Crippen LogP contribution >= 0.6 is 0 Å². The lowest BCUT2D eigenvalue weighted by Crippen LogP contribution is -2.07. The molecular weight excluding hydrogens is 331 g/mol. The number of rotatable bonds is 9. The minimum absolute atomic E-state index is 0.103. The first-order chi connectivity index (χ1) is 11.2. The highest BCUT2D eigenvalue weighted by Gasteiger charge is 2.04. The molecule has 24 heavy (non-hydrogen) atoms. The largest absolute Gasteiger partial charge is 0.516 e. The molecule has 0 saturated heterocycles. The smallest absolute Gasteiger partial charge is 0.369 e. The summed E-state index contributed by atoms with van der Waals surface area (Å²) in [5, 5.41) is 0. The molecule has 0 amide bonds. The number of hydrogen-bond donors (Lipinski definition) is 0. The zero-order valence-electron chi connectivity index (χ0n) is 15.4. The van der Waals surface area contributed by atoms with E-state index in [2.05, 4.69) is 33.0 Å². The zero-order valence-corrected chi connectivity index (χ0v) is 16.5. The Morgan fingerprint density at radius 3 is 1.33 bits per heavy atom. The van der Waals surface area contributed by atoms with E-state index in [0.717, 1.165) is 6.61 Å². The number of Topliss-reactive ketones (excluding diaryl/α,β-unsaturated/α-hetero) is 2. The summed E-state index contributed by atoms with van der Waals surface area (Å²) in [7, 11) is 0. The molecule has 7 nitrogen and oxygen atoms in total. The van der Waals surface area contributed by atoms with Crippen LogP contribution in [-0.2, 0) is 32.4 Å². The maximum absolute atomic E-state index is 10.4. The van der Waals surface area contributed by atoms with E-state index in [1.165, 1.54) is 26.7 Å². The zero-order chi connectivity index (χ0) is 19.4. The third-order valence-electron chi connectivity index (χ3n) is 2.01. The quantitative estimate of drug-likeness (QED) is 0.268. The van der Waals surface area contributed by atoms with Crippen LogP contribution in [0.15, 0.2) is 0 Å². The fourth-order valence-electron chi connectivity index (χ4n) is 1.06. The SMILES string of the molecule is CCCC[O][Al].CCOC(=O)CC(C)=O.CCOC(=O)CC(C)=O. The van der Waals surface area contributed by atoms with Gasteiger partial charge in [0, 0.05) is 6.61 Å². The molecule has 0 bridgehead atoms. The molecule has 0 aliphatic rings. The van der Waals surface area contributed by atoms with Crippen molar-refractivity contribution in [1.82, 2.24) is 0 Å². The van der Waals surface area contributed by atoms with Crippen LogP contribution in [-0.4, -0.2) is 59.9 Å². The second kappa shape index (κ2) is 21.8. The molecule has 138 valence electrons. The van der Waals surface area contributed by atoms with Gasteiger partial charge in [-0.05, 0) is 34.1 Å². The van der Waals surface area contributed by atoms with Gasteiger partial charge >= 0.3 is 28.6 Å². The minimum Gasteiger partial charge on any atom is -0.516 e. The maximum atomic E-state index is 10.4. The van der Waals surface area contributed by atoms with Crippen molar-refractivity contribution in [3.8, 4) is 0 Å². The fraction of sp³-hybridized carbons (Fsp3) is 0.750. The third-order valence-corrected chi connectivity index (χ3v) is 2.25. The Kier molecular flexibility index (Phi) is 25.0. The normalized spacial score (nSPS) is 8.71. The van der Waals surface area contributed by atoms with Crippen LogP contribution in [0.2, 0.25) is 0 Å². The molecule has 0 aromatic carbocycles. The van der Waals surface area contributed by atoms with Gasteiger partial charge in [-0.3, -0.25) is 19.2 Å². The van der Waals surface area contributed by atoms with Crippen molar-refractivity contribution >= 4 is 40.1 Å². The Morgan fingerprint density at radius 2 is 1.17 bits per heavy atom. The van der Waals surface area contributed by atoms with E-state index in [9.17, 15) is 19.2 Å². The van der Waals surface area contributed by atoms with Gasteiger partial charge < -0.3 is 13.3 Å². The van der Waals surface area contributed by atoms with E-state index in [1.54, 1.807) is 13.8 Å². The maximum Gasteiger partial charge on any atom is 0.369 e. The van der Waals surface area contributed by atoms with Crippen LogP contribution in [0.3, 0.4) is 0 Å². The summed E-state index contributed by atoms with van der Waals surface area (Å²) in [5.74, 6) is -1.20. The fourth-order valence-corrected chi connectivity index (χ4v) is 1.22. The molecule has 2 radical (unpaired) electrons. The van der Waals surface area contributed by atoms with E-state index >= 15 is 0 Å². The summed E-state index contributed by atoms with van der Waals surface area (Å²) in [5.41, 5.74) is 0. The molecule has 8 heteroatoms. The number of ether oxygens (including phenoxy) is 2. The van der Waals surface area contributed by atoms with E-state index in [4.69, 9.17) is 3.79 Å². The molecule has 0 aliphatic carbocycles. The Bertz CT molecular complexity index is 322. The molecule has 0 heterocycles. The molecule has 0 aliphatic heterocycles. The van der Waals surface area contributed by atoms with Crippen LogP contribution in [0.25, 0.3) is 0 Å². The number of carbonyl (C=O) groups is 4. The highest BCUT2D eigenvalue weighted by molar-refractivity contribution is 5.97. The first-order valence-corrected chi connectivity index (χ1v) is 8.33. The van der Waals surface area contributed by atoms with Crippen molar-refractivity contribution in [2.75, 3.05) is 19.8 Å². The second-order valence-electron chi connectivity index (χ2n) is 4.59. The van der Waals surface area contributed by atoms with Crippen LogP contribution in [0.1, 0.15) is 60.3 Å². The highest BCUT2D eigenvalue weighted by atomic mass is 27.1. The summed E-state index contributed by atoms with van der Waals surface area (Å²) in [6, 6.07) is 0. The second-order valence-corrected chi connectivity index (χ2v) is 4.93. The standard InChI is InChI=1S/2C6H10O3.C4H9O.Al/c2*1-3-9-6(8)4-5(2)7;1-2-3-4-5;/h2*3-4H2,1-2H3;2-4H2,1H3;/q;;-1;+1. The molecule has 0 atom stereocenters. The summed E-state index contributed by atoms with van der Waals surface area (Å²) in [4.78, 5) is 41.3. The third kappa shape index (κ3) is 32.6. The average molecular weight is 360 g/mol. The molecule has 0 unspecified atom stereocenters. The van der Waals surface area contributed by atoms with Crippen LogP contribution < -0.4 is 0 Å². The van der Waals surface area contributed by atoms with Gasteiger partial charge in [-0.2, -0.15) is 0 Å². The predicted octanol–water partition coefficient (Wildman–Crippen LogP) is 1.94. The van der Waals surface area contributed by atoms with Gasteiger partial charge in [0.05, 0.1) is 13.2 Å². The van der Waals surface area contributed by atoms with E-state index < -0.39 is 11.9 Å². The average Bonchev–Trinajstić information content (AvgIpc) is 2.45. The Hall–Kier alpha value is -1.23. The first-order valence-electron chi connectivity index (χ1n) is 7.86. The van der Waals surface area contributed by atoms with Crippen molar-refractivity contribution in [3.05, 3.63) is 0 Å². The Labute approximate surface area is 153 Å². The molecular formula is C16H29AlO7. The van der Waals surface area contributed by atoms with Crippen molar-refractivity contribution in [2.24, 2.45) is 0 Å². The topological polar surface area (TPSA) is 96.0 Å². The molecule has 0 spiro atoms. The summed E-state index contributed by atoms with van der Waals surface area (Å²) in [6.07, 6.45) is 2.18. The van der Waals surface area contributed by atoms with Crippen LogP contribution in [0.4, 0.5) is 0 Å². The lowest BCUT2D eigenvalue weighted by molar-refractivity contribution is -0.146. The monoisotopic (exact) mass is 360 g/mol. The summed E-state index contributed by atoms with van der Waals surface area (Å²) in [6.45, 7) is 9.83. The number of hydrogen-bond acceptors (Lipinski definition) is 7. The lowest BCUT2D eigenvalue weighted by Gasteiger charge is -1.96. The molecule has 0 saturated carbocycles. The Morgan fingerprint density at radius 1 is 0.792 bits per heavy atom. The van der Waals surface area contributed by atoms with E-state index in [0.29, 0.717) is 13.2 Å². The highest BCUT2D eigenvalue weighted by Crippen LogP contribution is 1.86. The molecule has 0 aromatic rings. The number of unbranched alkanes of at least 4 members (excludes halogenated alkanes) is 1. The lowest BCUT2D eigenvalue weighted by atomic mass is 10.3. The van der Waals surface area contributed by atoms with Gasteiger partial charge in [0.25, 0.3) is 0 Å². The van der Waals surface area contributed by atoms with Crippen molar-refractivity contribution in [1.29, 1.82) is 0 Å². The Balaban J connectivity index is -0.000000282. The van der Waals surface area contributed by atoms with Crippen LogP contribution in [0.5, 0.6) is 0 Å². The van der Waals surface area contributed by atoms with Gasteiger partial charge in [0.15, 0.2) is 0 Å². The molecule has 0 aromatic heterocycles. The minimum atomic E-state index is -0.440. The number of esters is 2. The van der Waals surface area contributed by atoms with E-state index in [-0.39, 0.29) is 24.4 Å². The van der Waals surface area contributed by atoms with Crippen LogP contribution in [0, 0.1) is 0 Å². The van der Waals surface area contributed by atoms with Gasteiger partial charge in [0.2, 0.25) is 0 Å². The molecule has 0 fully saturated rings. The number of ketones is 2. The molecule has 0 rings (SSSR count). The summed E-state index contributed by atoms with van der Waals surface area (Å²) >= 11 is 2.23.